The van der Waals surface area contributed by atoms with Crippen molar-refractivity contribution in [2.24, 2.45) is 10.8 Å². The van der Waals surface area contributed by atoms with E-state index in [-0.39, 0.29) is 58.0 Å². The molecule has 78 heavy (non-hydrogen) atoms. The third kappa shape index (κ3) is 7.61. The number of aromatic nitrogens is 4. The summed E-state index contributed by atoms with van der Waals surface area (Å²) in [5.41, 5.74) is 24.6. The van der Waals surface area contributed by atoms with Crippen molar-refractivity contribution in [1.29, 1.82) is 0 Å². The van der Waals surface area contributed by atoms with Gasteiger partial charge in [0.2, 0.25) is 0 Å². The molecule has 9 aromatic rings. The first-order chi connectivity index (χ1) is 36.3. The maximum absolute atomic E-state index is 5.36. The molecular weight excluding hydrogens is 1130 g/mol. The predicted molar refractivity (Wildman–Crippen MR) is 321 cm³/mol. The Morgan fingerprint density at radius 1 is 0.359 bits per heavy atom. The molecule has 0 amide bonds. The fourth-order valence-corrected chi connectivity index (χ4v) is 14.0. The van der Waals surface area contributed by atoms with Gasteiger partial charge in [-0.15, -0.1) is 23.8 Å². The first-order valence-corrected chi connectivity index (χ1v) is 27.8. The molecule has 0 atom stereocenters. The maximum atomic E-state index is 5.36. The Hall–Kier alpha value is -6.65. The number of pyridine rings is 1. The van der Waals surface area contributed by atoms with E-state index in [0.29, 0.717) is 17.5 Å². The number of benzene rings is 7. The van der Waals surface area contributed by atoms with Crippen molar-refractivity contribution in [1.82, 2.24) is 19.9 Å². The minimum absolute atomic E-state index is 0. The van der Waals surface area contributed by atoms with Gasteiger partial charge in [-0.1, -0.05) is 246 Å². The minimum Gasteiger partial charge on any atom is -0.304 e. The Balaban J connectivity index is 0.00000645. The molecule has 1 radical (unpaired) electrons. The van der Waals surface area contributed by atoms with E-state index in [1.807, 2.05) is 6.20 Å². The second-order valence-electron chi connectivity index (χ2n) is 26.5. The molecule has 7 aromatic carbocycles. The maximum Gasteiger partial charge on any atom is 0.165 e. The standard InChI is InChI=1S/C73H73N4.Ir/c1-43-36-44(2)38-49(37-43)50-22-17-18-23-51(50)52-32-28-45(39-55(52)53-25-21-27-59-63(53)54-24-19-20-26-56(54)67(59,3)4)62-35-31-48(42-74-62)66-76-64(46-29-33-57-60(40-46)70(9,10)72(13,14)68(57,5)6)75-65(77-66)47-30-34-58-61(41-47)71(11,12)73(15,16)69(58,7)8;/h17-27,29-42H,1-16H3;/q-1;. The van der Waals surface area contributed by atoms with Gasteiger partial charge in [0.05, 0.1) is 0 Å². The summed E-state index contributed by atoms with van der Waals surface area (Å²) in [5, 5.41) is 0. The number of fused-ring (bicyclic) bond motifs is 5. The molecule has 0 aliphatic heterocycles. The van der Waals surface area contributed by atoms with Crippen LogP contribution in [0.1, 0.15) is 141 Å². The molecule has 0 saturated carbocycles. The molecule has 395 valence electrons. The zero-order valence-corrected chi connectivity index (χ0v) is 51.0. The molecule has 3 aliphatic rings. The first-order valence-electron chi connectivity index (χ1n) is 27.8. The van der Waals surface area contributed by atoms with Gasteiger partial charge in [0, 0.05) is 48.4 Å². The topological polar surface area (TPSA) is 51.6 Å². The molecule has 0 bridgehead atoms. The summed E-state index contributed by atoms with van der Waals surface area (Å²) in [4.78, 5) is 21.3. The average Bonchev–Trinajstić information content (AvgIpc) is 3.84. The Bertz CT molecular complexity index is 3790. The Labute approximate surface area is 478 Å². The fourth-order valence-electron chi connectivity index (χ4n) is 14.0. The summed E-state index contributed by atoms with van der Waals surface area (Å²) in [7, 11) is 0. The number of rotatable bonds is 7. The first kappa shape index (κ1) is 53.4. The Kier molecular flexibility index (Phi) is 12.3. The normalized spacial score (nSPS) is 17.8. The van der Waals surface area contributed by atoms with E-state index < -0.39 is 0 Å². The van der Waals surface area contributed by atoms with E-state index in [1.54, 1.807) is 0 Å². The minimum atomic E-state index is -0.148. The van der Waals surface area contributed by atoms with Crippen LogP contribution in [0.4, 0.5) is 0 Å². The molecule has 0 unspecified atom stereocenters. The van der Waals surface area contributed by atoms with Gasteiger partial charge in [-0.25, -0.2) is 15.0 Å². The van der Waals surface area contributed by atoms with Crippen LogP contribution in [0.25, 0.3) is 89.9 Å². The van der Waals surface area contributed by atoms with Gasteiger partial charge >= 0.3 is 0 Å². The van der Waals surface area contributed by atoms with Crippen LogP contribution in [0.2, 0.25) is 0 Å². The number of aryl methyl sites for hydroxylation is 2. The van der Waals surface area contributed by atoms with Crippen molar-refractivity contribution in [3.63, 3.8) is 0 Å². The average molecular weight is 1200 g/mol. The van der Waals surface area contributed by atoms with Gasteiger partial charge in [-0.05, 0) is 125 Å². The number of nitrogens with zero attached hydrogens (tertiary/aromatic N) is 4. The Morgan fingerprint density at radius 3 is 1.38 bits per heavy atom. The van der Waals surface area contributed by atoms with Crippen LogP contribution < -0.4 is 0 Å². The number of hydrogen-bond acceptors (Lipinski definition) is 4. The van der Waals surface area contributed by atoms with Crippen LogP contribution in [0.5, 0.6) is 0 Å². The summed E-state index contributed by atoms with van der Waals surface area (Å²) in [6.45, 7) is 37.8. The van der Waals surface area contributed by atoms with Crippen molar-refractivity contribution in [2.75, 3.05) is 0 Å². The van der Waals surface area contributed by atoms with Gasteiger partial charge in [0.1, 0.15) is 0 Å². The molecule has 3 aliphatic carbocycles. The van der Waals surface area contributed by atoms with Crippen molar-refractivity contribution < 1.29 is 20.1 Å². The largest absolute Gasteiger partial charge is 0.304 e. The van der Waals surface area contributed by atoms with Gasteiger partial charge in [-0.2, -0.15) is 0 Å². The van der Waals surface area contributed by atoms with Crippen LogP contribution in [0.3, 0.4) is 0 Å². The Morgan fingerprint density at radius 2 is 0.833 bits per heavy atom. The quantitative estimate of drug-likeness (QED) is 0.149. The summed E-state index contributed by atoms with van der Waals surface area (Å²) < 4.78 is 0. The van der Waals surface area contributed by atoms with E-state index in [0.717, 1.165) is 39.1 Å². The summed E-state index contributed by atoms with van der Waals surface area (Å²) in [5.74, 6) is 1.91. The molecule has 0 fully saturated rings. The van der Waals surface area contributed by atoms with Crippen LogP contribution in [-0.4, -0.2) is 19.9 Å². The van der Waals surface area contributed by atoms with Crippen molar-refractivity contribution in [3.05, 3.63) is 202 Å². The summed E-state index contributed by atoms with van der Waals surface area (Å²) >= 11 is 0. The molecule has 5 heteroatoms. The van der Waals surface area contributed by atoms with Crippen LogP contribution in [0.15, 0.2) is 152 Å². The van der Waals surface area contributed by atoms with Gasteiger partial charge in [-0.3, -0.25) is 0 Å². The molecular formula is C73H73IrN4-. The van der Waals surface area contributed by atoms with Crippen molar-refractivity contribution in [3.8, 4) is 89.9 Å². The third-order valence-corrected chi connectivity index (χ3v) is 21.0. The molecule has 12 rings (SSSR count). The molecule has 2 aromatic heterocycles. The third-order valence-electron chi connectivity index (χ3n) is 21.0. The van der Waals surface area contributed by atoms with Crippen LogP contribution >= 0.6 is 0 Å². The molecule has 4 nitrogen and oxygen atoms in total. The molecule has 0 N–H and O–H groups in total. The SMILES string of the molecule is Cc1cc(C)cc(-c2ccccc2-c2c[c-]c(-c3ccc(-c4nc(-c5ccc6c(c5)C(C)(C)C(C)(C)C6(C)C)nc(-c5ccc6c(c5)C(C)(C)C(C)(C)C6(C)C)n4)cn3)cc2-c2cccc3c2-c2ccccc2C3(C)C)c1.[Ir]. The predicted octanol–water partition coefficient (Wildman–Crippen LogP) is 18.8. The zero-order chi connectivity index (χ0) is 54.6. The monoisotopic (exact) mass is 1200 g/mol. The zero-order valence-electron chi connectivity index (χ0n) is 48.6. The van der Waals surface area contributed by atoms with Crippen LogP contribution in [0, 0.1) is 30.7 Å². The van der Waals surface area contributed by atoms with Crippen molar-refractivity contribution >= 4 is 0 Å². The van der Waals surface area contributed by atoms with Gasteiger partial charge in [0.25, 0.3) is 0 Å². The number of hydrogen-bond donors (Lipinski definition) is 0. The molecule has 0 spiro atoms. The van der Waals surface area contributed by atoms with Gasteiger partial charge in [0.15, 0.2) is 17.5 Å². The van der Waals surface area contributed by atoms with E-state index in [9.17, 15) is 0 Å². The van der Waals surface area contributed by atoms with Crippen molar-refractivity contribution in [2.45, 2.75) is 138 Å². The van der Waals surface area contributed by atoms with E-state index in [2.05, 4.69) is 262 Å². The summed E-state index contributed by atoms with van der Waals surface area (Å²) in [6.07, 6.45) is 1.93. The van der Waals surface area contributed by atoms with E-state index >= 15 is 0 Å². The fraction of sp³-hybridized carbons (Fsp3) is 0.315. The van der Waals surface area contributed by atoms with Crippen LogP contribution in [-0.2, 0) is 47.2 Å². The smallest absolute Gasteiger partial charge is 0.165 e. The second-order valence-corrected chi connectivity index (χ2v) is 26.5. The van der Waals surface area contributed by atoms with Gasteiger partial charge < -0.3 is 4.98 Å². The summed E-state index contributed by atoms with van der Waals surface area (Å²) in [6, 6.07) is 57.7. The molecule has 2 heterocycles. The molecule has 0 saturated heterocycles. The van der Waals surface area contributed by atoms with E-state index in [4.69, 9.17) is 19.9 Å². The van der Waals surface area contributed by atoms with E-state index in [1.165, 1.54) is 77.9 Å². The second kappa shape index (κ2) is 17.9.